The van der Waals surface area contributed by atoms with E-state index in [0.717, 1.165) is 0 Å². The van der Waals surface area contributed by atoms with E-state index < -0.39 is 17.2 Å². The molecule has 8 nitrogen and oxygen atoms in total. The smallest absolute Gasteiger partial charge is 0.332 e. The van der Waals surface area contributed by atoms with Crippen LogP contribution < -0.4 is 11.2 Å². The van der Waals surface area contributed by atoms with Crippen molar-refractivity contribution in [1.82, 2.24) is 9.55 Å². The molecule has 0 aliphatic heterocycles. The van der Waals surface area contributed by atoms with Crippen molar-refractivity contribution >= 4 is 5.97 Å². The lowest BCUT2D eigenvalue weighted by molar-refractivity contribution is -0.151. The maximum Gasteiger partial charge on any atom is 0.332 e. The van der Waals surface area contributed by atoms with Crippen LogP contribution in [0.1, 0.15) is 6.42 Å². The normalized spacial score (nSPS) is 12.1. The highest BCUT2D eigenvalue weighted by molar-refractivity contribution is 5.70. The number of carbonyl (C=O) groups is 1. The Morgan fingerprint density at radius 3 is 2.75 bits per heavy atom. The van der Waals surface area contributed by atoms with Gasteiger partial charge < -0.3 is 18.8 Å². The van der Waals surface area contributed by atoms with E-state index >= 15 is 0 Å². The average molecular weight is 286 g/mol. The summed E-state index contributed by atoms with van der Waals surface area (Å²) in [6.45, 7) is 0.308. The molecule has 1 N–H and O–H groups in total. The molecular weight excluding hydrogens is 268 g/mol. The molecule has 8 heteroatoms. The number of nitrogens with zero attached hydrogens (tertiary/aromatic N) is 1. The summed E-state index contributed by atoms with van der Waals surface area (Å²) < 4.78 is 16.1. The number of hydrogen-bond acceptors (Lipinski definition) is 6. The molecule has 0 radical (unpaired) electrons. The molecule has 0 bridgehead atoms. The van der Waals surface area contributed by atoms with E-state index in [0.29, 0.717) is 13.0 Å². The van der Waals surface area contributed by atoms with Crippen molar-refractivity contribution in [2.24, 2.45) is 0 Å². The summed E-state index contributed by atoms with van der Waals surface area (Å²) in [4.78, 5) is 35.7. The second-order valence-corrected chi connectivity index (χ2v) is 4.07. The summed E-state index contributed by atoms with van der Waals surface area (Å²) >= 11 is 0. The van der Waals surface area contributed by atoms with Crippen LogP contribution >= 0.6 is 0 Å². The van der Waals surface area contributed by atoms with Gasteiger partial charge in [0.1, 0.15) is 13.2 Å². The lowest BCUT2D eigenvalue weighted by Crippen LogP contribution is -2.31. The summed E-state index contributed by atoms with van der Waals surface area (Å²) in [5.41, 5.74) is -0.924. The van der Waals surface area contributed by atoms with E-state index in [-0.39, 0.29) is 19.3 Å². The minimum Gasteiger partial charge on any atom is -0.461 e. The Morgan fingerprint density at radius 2 is 2.15 bits per heavy atom. The molecule has 1 rings (SSSR count). The third-order valence-corrected chi connectivity index (χ3v) is 2.61. The largest absolute Gasteiger partial charge is 0.461 e. The van der Waals surface area contributed by atoms with Gasteiger partial charge in [0.15, 0.2) is 0 Å². The number of aromatic nitrogens is 2. The summed E-state index contributed by atoms with van der Waals surface area (Å²) in [6.07, 6.45) is 1.53. The number of aromatic amines is 1. The minimum atomic E-state index is -0.483. The number of rotatable bonds is 8. The fourth-order valence-corrected chi connectivity index (χ4v) is 1.52. The number of carbonyl (C=O) groups excluding carboxylic acids is 1. The third-order valence-electron chi connectivity index (χ3n) is 2.61. The molecule has 1 heterocycles. The van der Waals surface area contributed by atoms with Crippen molar-refractivity contribution in [2.75, 3.05) is 27.4 Å². The quantitative estimate of drug-likeness (QED) is 0.624. The highest BCUT2D eigenvalue weighted by Crippen LogP contribution is 2.00. The Bertz CT molecular complexity index is 535. The van der Waals surface area contributed by atoms with Crippen LogP contribution in [0.3, 0.4) is 0 Å². The first kappa shape index (κ1) is 16.1. The fourth-order valence-electron chi connectivity index (χ4n) is 1.52. The summed E-state index contributed by atoms with van der Waals surface area (Å²) in [7, 11) is 2.89. The Morgan fingerprint density at radius 1 is 1.40 bits per heavy atom. The first-order chi connectivity index (χ1) is 9.56. The van der Waals surface area contributed by atoms with E-state index in [1.807, 2.05) is 0 Å². The van der Waals surface area contributed by atoms with Gasteiger partial charge in [-0.2, -0.15) is 0 Å². The molecule has 0 aliphatic rings. The topological polar surface area (TPSA) is 99.6 Å². The van der Waals surface area contributed by atoms with Gasteiger partial charge in [-0.25, -0.2) is 9.59 Å². The number of aryl methyl sites for hydroxylation is 1. The molecule has 1 atom stereocenters. The van der Waals surface area contributed by atoms with Gasteiger partial charge in [0, 0.05) is 33.0 Å². The average Bonchev–Trinajstić information content (AvgIpc) is 2.41. The maximum absolute atomic E-state index is 11.5. The maximum atomic E-state index is 11.5. The van der Waals surface area contributed by atoms with E-state index in [1.54, 1.807) is 0 Å². The van der Waals surface area contributed by atoms with Crippen molar-refractivity contribution < 1.29 is 19.0 Å². The van der Waals surface area contributed by atoms with Gasteiger partial charge in [-0.15, -0.1) is 0 Å². The zero-order valence-electron chi connectivity index (χ0n) is 11.5. The zero-order chi connectivity index (χ0) is 15.0. The molecule has 1 aromatic heterocycles. The molecule has 0 saturated carbocycles. The van der Waals surface area contributed by atoms with Crippen LogP contribution in [0.2, 0.25) is 0 Å². The Balaban J connectivity index is 2.46. The molecule has 20 heavy (non-hydrogen) atoms. The highest BCUT2D eigenvalue weighted by atomic mass is 16.6. The molecule has 0 amide bonds. The summed E-state index contributed by atoms with van der Waals surface area (Å²) in [5, 5.41) is 0. The Hall–Kier alpha value is -1.93. The molecule has 0 aliphatic carbocycles. The van der Waals surface area contributed by atoms with Gasteiger partial charge in [0.25, 0.3) is 5.56 Å². The Kier molecular flexibility index (Phi) is 6.68. The second-order valence-electron chi connectivity index (χ2n) is 4.07. The van der Waals surface area contributed by atoms with E-state index in [9.17, 15) is 14.4 Å². The van der Waals surface area contributed by atoms with Gasteiger partial charge in [-0.1, -0.05) is 0 Å². The van der Waals surface area contributed by atoms with Crippen LogP contribution in [0, 0.1) is 0 Å². The molecule has 0 spiro atoms. The Labute approximate surface area is 115 Å². The first-order valence-corrected chi connectivity index (χ1v) is 6.04. The van der Waals surface area contributed by atoms with Crippen molar-refractivity contribution in [3.8, 4) is 0 Å². The number of H-pyrrole nitrogens is 1. The minimum absolute atomic E-state index is 0.0802. The van der Waals surface area contributed by atoms with E-state index in [4.69, 9.17) is 9.47 Å². The molecule has 1 aromatic rings. The number of methoxy groups -OCH3 is 2. The first-order valence-electron chi connectivity index (χ1n) is 6.04. The second kappa shape index (κ2) is 8.28. The monoisotopic (exact) mass is 286 g/mol. The summed E-state index contributed by atoms with van der Waals surface area (Å²) in [5.74, 6) is -0.476. The SMILES string of the molecule is COCC(=O)OCC(CCn1ccc(=O)[nH]c1=O)OC. The van der Waals surface area contributed by atoms with Gasteiger partial charge >= 0.3 is 11.7 Å². The lowest BCUT2D eigenvalue weighted by Gasteiger charge is -2.15. The standard InChI is InChI=1S/C12H18N2O6/c1-18-8-11(16)20-7-9(19-2)3-5-14-6-4-10(15)13-12(14)17/h4,6,9H,3,5,7-8H2,1-2H3,(H,13,15,17). The molecule has 0 aromatic carbocycles. The number of esters is 1. The van der Waals surface area contributed by atoms with Crippen LogP contribution in [0.25, 0.3) is 0 Å². The van der Waals surface area contributed by atoms with E-state index in [2.05, 4.69) is 9.72 Å². The molecule has 112 valence electrons. The van der Waals surface area contributed by atoms with Gasteiger partial charge in [0.2, 0.25) is 0 Å². The number of ether oxygens (including phenoxy) is 3. The van der Waals surface area contributed by atoms with Gasteiger partial charge in [-0.05, 0) is 6.42 Å². The molecular formula is C12H18N2O6. The van der Waals surface area contributed by atoms with Crippen molar-refractivity contribution in [2.45, 2.75) is 19.1 Å². The molecule has 0 fully saturated rings. The summed E-state index contributed by atoms with van der Waals surface area (Å²) in [6, 6.07) is 1.27. The van der Waals surface area contributed by atoms with Crippen LogP contribution in [0.5, 0.6) is 0 Å². The number of nitrogens with one attached hydrogen (secondary N) is 1. The van der Waals surface area contributed by atoms with Crippen LogP contribution in [0.4, 0.5) is 0 Å². The predicted molar refractivity (Wildman–Crippen MR) is 69.6 cm³/mol. The van der Waals surface area contributed by atoms with Crippen LogP contribution in [-0.2, 0) is 25.5 Å². The van der Waals surface area contributed by atoms with Gasteiger partial charge in [0.05, 0.1) is 6.10 Å². The molecule has 0 saturated heterocycles. The molecule has 1 unspecified atom stereocenters. The van der Waals surface area contributed by atoms with Crippen molar-refractivity contribution in [3.05, 3.63) is 33.1 Å². The predicted octanol–water partition coefficient (Wildman–Crippen LogP) is -0.869. The van der Waals surface area contributed by atoms with E-state index in [1.165, 1.54) is 31.0 Å². The van der Waals surface area contributed by atoms with Crippen molar-refractivity contribution in [1.29, 1.82) is 0 Å². The van der Waals surface area contributed by atoms with Crippen LogP contribution in [-0.4, -0.2) is 49.1 Å². The number of hydrogen-bond donors (Lipinski definition) is 1. The van der Waals surface area contributed by atoms with Crippen molar-refractivity contribution in [3.63, 3.8) is 0 Å². The highest BCUT2D eigenvalue weighted by Gasteiger charge is 2.11. The van der Waals surface area contributed by atoms with Gasteiger partial charge in [-0.3, -0.25) is 9.78 Å². The zero-order valence-corrected chi connectivity index (χ0v) is 11.5. The fraction of sp³-hybridized carbons (Fsp3) is 0.583. The van der Waals surface area contributed by atoms with Crippen LogP contribution in [0.15, 0.2) is 21.9 Å². The lowest BCUT2D eigenvalue weighted by atomic mass is 10.2. The third kappa shape index (κ3) is 5.37.